The second kappa shape index (κ2) is 9.02. The molecule has 4 saturated carbocycles. The lowest BCUT2D eigenvalue weighted by Gasteiger charge is -2.62. The van der Waals surface area contributed by atoms with Gasteiger partial charge in [-0.05, 0) is 92.3 Å². The summed E-state index contributed by atoms with van der Waals surface area (Å²) in [5, 5.41) is 19.6. The highest BCUT2D eigenvalue weighted by Gasteiger charge is 2.66. The first-order chi connectivity index (χ1) is 15.8. The summed E-state index contributed by atoms with van der Waals surface area (Å²) in [6.07, 6.45) is 6.08. The predicted molar refractivity (Wildman–Crippen MR) is 127 cm³/mol. The molecular formula is C26H40O7S. The van der Waals surface area contributed by atoms with Crippen LogP contribution in [0.5, 0.6) is 0 Å². The van der Waals surface area contributed by atoms with E-state index in [0.717, 1.165) is 37.5 Å². The zero-order chi connectivity index (χ0) is 25.1. The average molecular weight is 497 g/mol. The molecule has 4 aliphatic carbocycles. The lowest BCUT2D eigenvalue weighted by atomic mass is 9.43. The molecule has 0 bridgehead atoms. The first-order valence-electron chi connectivity index (χ1n) is 12.8. The Balaban J connectivity index is 1.76. The van der Waals surface area contributed by atoms with Crippen molar-refractivity contribution in [2.75, 3.05) is 6.26 Å². The first-order valence-corrected chi connectivity index (χ1v) is 14.6. The summed E-state index contributed by atoms with van der Waals surface area (Å²) in [4.78, 5) is 23.5. The van der Waals surface area contributed by atoms with Gasteiger partial charge >= 0.3 is 5.97 Å². The minimum Gasteiger partial charge on any atom is -0.481 e. The normalized spacial score (nSPS) is 45.0. The van der Waals surface area contributed by atoms with Gasteiger partial charge in [0.2, 0.25) is 0 Å². The van der Waals surface area contributed by atoms with E-state index >= 15 is 0 Å². The zero-order valence-electron chi connectivity index (χ0n) is 20.8. The third kappa shape index (κ3) is 4.29. The van der Waals surface area contributed by atoms with Crippen LogP contribution in [-0.2, 0) is 23.9 Å². The largest absolute Gasteiger partial charge is 0.481 e. The third-order valence-corrected chi connectivity index (χ3v) is 11.1. The number of carboxylic acid groups (broad SMARTS) is 1. The highest BCUT2D eigenvalue weighted by molar-refractivity contribution is 7.86. The van der Waals surface area contributed by atoms with E-state index in [2.05, 4.69) is 26.7 Å². The van der Waals surface area contributed by atoms with Gasteiger partial charge in [0.1, 0.15) is 5.94 Å². The second-order valence-electron chi connectivity index (χ2n) is 12.2. The van der Waals surface area contributed by atoms with Gasteiger partial charge in [0.05, 0.1) is 18.5 Å². The number of aliphatic hydroxyl groups excluding tert-OH is 1. The smallest absolute Gasteiger partial charge is 0.303 e. The molecule has 34 heavy (non-hydrogen) atoms. The van der Waals surface area contributed by atoms with Crippen LogP contribution >= 0.6 is 0 Å². The number of aliphatic hydroxyl groups is 1. The summed E-state index contributed by atoms with van der Waals surface area (Å²) in [7, 11) is -3.71. The topological polar surface area (TPSA) is 118 Å². The van der Waals surface area contributed by atoms with E-state index in [1.54, 1.807) is 0 Å². The number of hydrogen-bond donors (Lipinski definition) is 2. The van der Waals surface area contributed by atoms with Crippen LogP contribution in [-0.4, -0.2) is 49.0 Å². The van der Waals surface area contributed by atoms with Crippen LogP contribution in [0.3, 0.4) is 0 Å². The van der Waals surface area contributed by atoms with E-state index in [9.17, 15) is 28.2 Å². The molecule has 0 aromatic carbocycles. The summed E-state index contributed by atoms with van der Waals surface area (Å²) in [6.45, 7) is 6.47. The summed E-state index contributed by atoms with van der Waals surface area (Å²) in [5.41, 5.74) is 0.244. The van der Waals surface area contributed by atoms with Crippen molar-refractivity contribution in [2.45, 2.75) is 90.8 Å². The van der Waals surface area contributed by atoms with E-state index in [1.807, 2.05) is 0 Å². The molecule has 7 nitrogen and oxygen atoms in total. The van der Waals surface area contributed by atoms with Gasteiger partial charge in [0.15, 0.2) is 0 Å². The lowest BCUT2D eigenvalue weighted by Crippen LogP contribution is -2.60. The molecule has 0 radical (unpaired) electrons. The standard InChI is InChI=1S/C26H40O7S/c1-15(5-8-23(29)30)19-6-7-20-24-16(14-27)11-17-12-18(28)9-10-25(17,2)21(24)13-22(26(19,20)3)33-34(4,31)32/h15,17-22,24,28H,5-13H2,1-4H3,(H,29,30)/t15-,17-,18?,19-,20+,21+,22?,24+,25+,26-/m1/s1. The van der Waals surface area contributed by atoms with Gasteiger partial charge in [-0.25, -0.2) is 4.79 Å². The Hall–Kier alpha value is -1.21. The van der Waals surface area contributed by atoms with Crippen molar-refractivity contribution in [1.82, 2.24) is 0 Å². The molecule has 4 aliphatic rings. The van der Waals surface area contributed by atoms with E-state index in [4.69, 9.17) is 4.18 Å². The maximum atomic E-state index is 12.4. The quantitative estimate of drug-likeness (QED) is 0.424. The molecule has 0 aromatic rings. The van der Waals surface area contributed by atoms with Gasteiger partial charge in [-0.3, -0.25) is 8.98 Å². The van der Waals surface area contributed by atoms with Crippen LogP contribution in [0.1, 0.15) is 78.6 Å². The minimum absolute atomic E-state index is 0.0371. The Labute approximate surface area is 203 Å². The van der Waals surface area contributed by atoms with Crippen LogP contribution < -0.4 is 0 Å². The molecule has 0 aromatic heterocycles. The van der Waals surface area contributed by atoms with Gasteiger partial charge in [-0.2, -0.15) is 8.42 Å². The Bertz CT molecular complexity index is 970. The summed E-state index contributed by atoms with van der Waals surface area (Å²) >= 11 is 0. The number of fused-ring (bicyclic) bond motifs is 5. The molecule has 2 unspecified atom stereocenters. The summed E-state index contributed by atoms with van der Waals surface area (Å²) in [5.74, 6) is 2.12. The summed E-state index contributed by atoms with van der Waals surface area (Å²) < 4.78 is 30.7. The van der Waals surface area contributed by atoms with Crippen LogP contribution in [0, 0.1) is 46.3 Å². The zero-order valence-corrected chi connectivity index (χ0v) is 21.6. The van der Waals surface area contributed by atoms with Crippen molar-refractivity contribution in [3.05, 3.63) is 5.57 Å². The molecule has 0 amide bonds. The number of carbonyl (C=O) groups excluding carboxylic acids is 1. The van der Waals surface area contributed by atoms with E-state index < -0.39 is 27.6 Å². The molecule has 0 aliphatic heterocycles. The van der Waals surface area contributed by atoms with Gasteiger partial charge < -0.3 is 10.2 Å². The van der Waals surface area contributed by atoms with Crippen molar-refractivity contribution < 1.29 is 32.4 Å². The van der Waals surface area contributed by atoms with Gasteiger partial charge in [0, 0.05) is 17.4 Å². The highest BCUT2D eigenvalue weighted by atomic mass is 32.2. The van der Waals surface area contributed by atoms with Crippen molar-refractivity contribution in [1.29, 1.82) is 0 Å². The van der Waals surface area contributed by atoms with E-state index in [1.165, 1.54) is 0 Å². The first kappa shape index (κ1) is 25.9. The fourth-order valence-electron chi connectivity index (χ4n) is 8.89. The number of carbonyl (C=O) groups is 1. The predicted octanol–water partition coefficient (Wildman–Crippen LogP) is 3.83. The van der Waals surface area contributed by atoms with Crippen molar-refractivity contribution in [3.8, 4) is 0 Å². The molecule has 0 heterocycles. The highest BCUT2D eigenvalue weighted by Crippen LogP contribution is 2.69. The van der Waals surface area contributed by atoms with E-state index in [0.29, 0.717) is 25.7 Å². The van der Waals surface area contributed by atoms with Crippen LogP contribution in [0.25, 0.3) is 0 Å². The van der Waals surface area contributed by atoms with Gasteiger partial charge in [0.25, 0.3) is 10.1 Å². The van der Waals surface area contributed by atoms with Crippen molar-refractivity contribution in [2.24, 2.45) is 46.3 Å². The molecular weight excluding hydrogens is 456 g/mol. The molecule has 8 heteroatoms. The maximum absolute atomic E-state index is 12.4. The molecule has 4 rings (SSSR count). The van der Waals surface area contributed by atoms with Gasteiger partial charge in [-0.1, -0.05) is 20.8 Å². The number of rotatable bonds is 6. The Morgan fingerprint density at radius 2 is 1.91 bits per heavy atom. The van der Waals surface area contributed by atoms with Crippen LogP contribution in [0.4, 0.5) is 0 Å². The summed E-state index contributed by atoms with van der Waals surface area (Å²) in [6, 6.07) is 0. The fraction of sp³-hybridized carbons (Fsp3) is 0.885. The molecule has 0 saturated heterocycles. The molecule has 4 fully saturated rings. The average Bonchev–Trinajstić information content (AvgIpc) is 3.10. The molecule has 192 valence electrons. The monoisotopic (exact) mass is 496 g/mol. The molecule has 2 N–H and O–H groups in total. The van der Waals surface area contributed by atoms with E-state index in [-0.39, 0.29) is 53.4 Å². The fourth-order valence-corrected chi connectivity index (χ4v) is 9.60. The third-order valence-electron chi connectivity index (χ3n) is 10.6. The Kier molecular flexibility index (Phi) is 6.87. The number of carboxylic acids is 1. The van der Waals surface area contributed by atoms with Crippen molar-refractivity contribution >= 4 is 22.0 Å². The van der Waals surface area contributed by atoms with Crippen LogP contribution in [0.2, 0.25) is 0 Å². The minimum atomic E-state index is -3.71. The number of hydrogen-bond acceptors (Lipinski definition) is 6. The Morgan fingerprint density at radius 1 is 1.21 bits per heavy atom. The molecule has 0 spiro atoms. The molecule has 10 atom stereocenters. The Morgan fingerprint density at radius 3 is 2.53 bits per heavy atom. The number of aliphatic carboxylic acids is 1. The van der Waals surface area contributed by atoms with Crippen LogP contribution in [0.15, 0.2) is 5.57 Å². The maximum Gasteiger partial charge on any atom is 0.303 e. The number of allylic oxidation sites excluding steroid dienone is 1. The SMILES string of the molecule is C[C@H](CCC(=O)O)[C@H]1CC[C@H]2[C@@H]3C(=C=O)C[C@@H]4CC(O)CC[C@]4(C)[C@H]3CC(OS(C)(=O)=O)[C@]12C. The van der Waals surface area contributed by atoms with Gasteiger partial charge in [-0.15, -0.1) is 0 Å². The van der Waals surface area contributed by atoms with Crippen molar-refractivity contribution in [3.63, 3.8) is 0 Å². The second-order valence-corrected chi connectivity index (χ2v) is 13.8. The lowest BCUT2D eigenvalue weighted by molar-refractivity contribution is -0.150.